The summed E-state index contributed by atoms with van der Waals surface area (Å²) < 4.78 is 2.29. The van der Waals surface area contributed by atoms with E-state index in [4.69, 9.17) is 23.2 Å². The van der Waals surface area contributed by atoms with E-state index in [1.54, 1.807) is 0 Å². The smallest absolute Gasteiger partial charge is 0.266 e. The summed E-state index contributed by atoms with van der Waals surface area (Å²) in [6.45, 7) is 6.28. The van der Waals surface area contributed by atoms with Crippen molar-refractivity contribution in [2.45, 2.75) is 26.7 Å². The van der Waals surface area contributed by atoms with Crippen LogP contribution in [0, 0.1) is 18.3 Å². The Morgan fingerprint density at radius 3 is 2.58 bits per heavy atom. The van der Waals surface area contributed by atoms with E-state index in [0.29, 0.717) is 15.3 Å². The lowest BCUT2D eigenvalue weighted by Gasteiger charge is -1.97. The lowest BCUT2D eigenvalue weighted by molar-refractivity contribution is 0.585. The summed E-state index contributed by atoms with van der Waals surface area (Å²) >= 11 is 13.0. The van der Waals surface area contributed by atoms with E-state index < -0.39 is 0 Å². The van der Waals surface area contributed by atoms with Gasteiger partial charge in [0.1, 0.15) is 4.49 Å². The molecular weight excluding hydrogens is 389 g/mol. The maximum Gasteiger partial charge on any atom is 0.291 e. The van der Waals surface area contributed by atoms with Gasteiger partial charge in [-0.05, 0) is 36.0 Å². The molecule has 1 saturated carbocycles. The number of aryl methyl sites for hydroxylation is 1. The molecule has 0 aliphatic heterocycles. The fourth-order valence-corrected chi connectivity index (χ4v) is 4.60. The summed E-state index contributed by atoms with van der Waals surface area (Å²) in [6, 6.07) is 8.04. The Bertz CT molecular complexity index is 1120. The van der Waals surface area contributed by atoms with Crippen LogP contribution in [0.25, 0.3) is 11.0 Å². The molecule has 0 radical (unpaired) electrons. The lowest BCUT2D eigenvalue weighted by Crippen LogP contribution is -2.23. The number of rotatable bonds is 3. The van der Waals surface area contributed by atoms with Gasteiger partial charge in [0.15, 0.2) is 5.82 Å². The summed E-state index contributed by atoms with van der Waals surface area (Å²) in [4.78, 5) is 17.9. The number of benzene rings is 1. The fraction of sp³-hybridized carbons (Fsp3) is 0.316. The quantitative estimate of drug-likeness (QED) is 0.659. The third-order valence-electron chi connectivity index (χ3n) is 5.07. The van der Waals surface area contributed by atoms with Crippen LogP contribution in [0.4, 0.5) is 0 Å². The van der Waals surface area contributed by atoms with E-state index in [1.807, 2.05) is 43.3 Å². The normalized spacial score (nSPS) is 22.0. The average Bonchev–Trinajstić information content (AvgIpc) is 2.86. The first-order valence-corrected chi connectivity index (χ1v) is 9.85. The summed E-state index contributed by atoms with van der Waals surface area (Å²) in [5.41, 5.74) is 2.02. The molecule has 2 aromatic heterocycles. The first-order chi connectivity index (χ1) is 12.3. The van der Waals surface area contributed by atoms with Gasteiger partial charge >= 0.3 is 0 Å². The molecule has 3 aromatic rings. The molecule has 2 atom stereocenters. The first-order valence-electron chi connectivity index (χ1n) is 8.28. The van der Waals surface area contributed by atoms with Crippen molar-refractivity contribution in [2.75, 3.05) is 0 Å². The van der Waals surface area contributed by atoms with Gasteiger partial charge in [-0.15, -0.1) is 5.10 Å². The number of allylic oxidation sites excluding steroid dienone is 1. The average molecular weight is 406 g/mol. The van der Waals surface area contributed by atoms with Gasteiger partial charge in [0.05, 0.1) is 4.53 Å². The Morgan fingerprint density at radius 1 is 1.27 bits per heavy atom. The molecule has 4 rings (SSSR count). The highest BCUT2D eigenvalue weighted by Crippen LogP contribution is 2.64. The maximum atomic E-state index is 12.7. The molecule has 134 valence electrons. The van der Waals surface area contributed by atoms with Crippen molar-refractivity contribution < 1.29 is 0 Å². The largest absolute Gasteiger partial charge is 0.291 e. The number of aromatic nitrogens is 3. The molecule has 0 amide bonds. The number of halogens is 2. The van der Waals surface area contributed by atoms with Crippen molar-refractivity contribution in [1.29, 1.82) is 0 Å². The van der Waals surface area contributed by atoms with Gasteiger partial charge in [-0.2, -0.15) is 4.52 Å². The van der Waals surface area contributed by atoms with Crippen molar-refractivity contribution in [3.8, 4) is 0 Å². The number of nitrogens with zero attached hydrogens (tertiary/aromatic N) is 3. The van der Waals surface area contributed by atoms with Gasteiger partial charge in [0.2, 0.25) is 4.96 Å². The molecular formula is C19H17Cl2N3OS. The molecule has 1 aliphatic rings. The second kappa shape index (κ2) is 6.19. The van der Waals surface area contributed by atoms with E-state index in [2.05, 4.69) is 23.9 Å². The molecule has 1 aliphatic carbocycles. The van der Waals surface area contributed by atoms with E-state index in [-0.39, 0.29) is 27.3 Å². The molecule has 0 unspecified atom stereocenters. The van der Waals surface area contributed by atoms with Crippen LogP contribution in [0.15, 0.2) is 39.6 Å². The van der Waals surface area contributed by atoms with Gasteiger partial charge in [0, 0.05) is 5.92 Å². The van der Waals surface area contributed by atoms with Crippen LogP contribution >= 0.6 is 34.5 Å². The topological polar surface area (TPSA) is 47.3 Å². The molecule has 26 heavy (non-hydrogen) atoms. The monoisotopic (exact) mass is 405 g/mol. The zero-order chi connectivity index (χ0) is 18.6. The minimum Gasteiger partial charge on any atom is -0.266 e. The molecule has 7 heteroatoms. The Balaban J connectivity index is 1.72. The highest BCUT2D eigenvalue weighted by atomic mass is 35.5. The summed E-state index contributed by atoms with van der Waals surface area (Å²) in [7, 11) is 0. The second-order valence-electron chi connectivity index (χ2n) is 7.27. The van der Waals surface area contributed by atoms with Crippen molar-refractivity contribution in [3.63, 3.8) is 0 Å². The number of hydrogen-bond donors (Lipinski definition) is 0. The second-order valence-corrected chi connectivity index (χ2v) is 9.29. The standard InChI is InChI=1S/C19H17Cl2N3OS/c1-10-4-6-11(7-5-10)8-13-17(25)24-18(26-13)22-16(23-24)15-12(9-14(20)21)19(15,2)3/h4-9,12,15H,1-3H3/b13-8+/t12-,15+/m1/s1. The summed E-state index contributed by atoms with van der Waals surface area (Å²) in [5, 5.41) is 4.47. The zero-order valence-corrected chi connectivity index (χ0v) is 16.9. The molecule has 0 N–H and O–H groups in total. The van der Waals surface area contributed by atoms with Gasteiger partial charge in [0.25, 0.3) is 5.56 Å². The van der Waals surface area contributed by atoms with Crippen LogP contribution in [-0.4, -0.2) is 14.6 Å². The van der Waals surface area contributed by atoms with Crippen LogP contribution in [0.1, 0.15) is 36.7 Å². The van der Waals surface area contributed by atoms with Crippen molar-refractivity contribution in [1.82, 2.24) is 14.6 Å². The van der Waals surface area contributed by atoms with Crippen molar-refractivity contribution >= 4 is 45.6 Å². The lowest BCUT2D eigenvalue weighted by atomic mass is 10.1. The van der Waals surface area contributed by atoms with Gasteiger partial charge < -0.3 is 0 Å². The van der Waals surface area contributed by atoms with Crippen molar-refractivity contribution in [2.24, 2.45) is 11.3 Å². The molecule has 0 bridgehead atoms. The van der Waals surface area contributed by atoms with E-state index in [0.717, 1.165) is 5.56 Å². The molecule has 2 heterocycles. The molecule has 1 aromatic carbocycles. The highest BCUT2D eigenvalue weighted by molar-refractivity contribution is 7.15. The molecule has 0 spiro atoms. The predicted octanol–water partition coefficient (Wildman–Crippen LogP) is 4.07. The van der Waals surface area contributed by atoms with Crippen LogP contribution in [-0.2, 0) is 0 Å². The molecule has 0 saturated heterocycles. The van der Waals surface area contributed by atoms with E-state index in [9.17, 15) is 4.79 Å². The van der Waals surface area contributed by atoms with Crippen LogP contribution in [0.2, 0.25) is 0 Å². The number of thiazole rings is 1. The number of hydrogen-bond acceptors (Lipinski definition) is 4. The molecule has 1 fully saturated rings. The highest BCUT2D eigenvalue weighted by Gasteiger charge is 2.59. The van der Waals surface area contributed by atoms with E-state index >= 15 is 0 Å². The fourth-order valence-electron chi connectivity index (χ4n) is 3.41. The third kappa shape index (κ3) is 2.98. The van der Waals surface area contributed by atoms with Gasteiger partial charge in [-0.25, -0.2) is 4.98 Å². The summed E-state index contributed by atoms with van der Waals surface area (Å²) in [6.07, 6.45) is 3.71. The minimum atomic E-state index is -0.134. The Kier molecular flexibility index (Phi) is 4.21. The molecule has 4 nitrogen and oxygen atoms in total. The van der Waals surface area contributed by atoms with Crippen LogP contribution < -0.4 is 10.1 Å². The maximum absolute atomic E-state index is 12.7. The Hall–Kier alpha value is -1.69. The Morgan fingerprint density at radius 2 is 1.96 bits per heavy atom. The first kappa shape index (κ1) is 17.7. The SMILES string of the molecule is Cc1ccc(/C=c2/sc3nc([C@@H]4[C@@H](C=C(Cl)Cl)C4(C)C)nn3c2=O)cc1. The van der Waals surface area contributed by atoms with Gasteiger partial charge in [-0.1, -0.05) is 78.2 Å². The third-order valence-corrected chi connectivity index (χ3v) is 6.28. The Labute approximate surface area is 164 Å². The van der Waals surface area contributed by atoms with E-state index in [1.165, 1.54) is 21.4 Å². The van der Waals surface area contributed by atoms with Gasteiger partial charge in [-0.3, -0.25) is 4.79 Å². The van der Waals surface area contributed by atoms with Crippen LogP contribution in [0.5, 0.6) is 0 Å². The zero-order valence-electron chi connectivity index (χ0n) is 14.5. The minimum absolute atomic E-state index is 0.0219. The number of fused-ring (bicyclic) bond motifs is 1. The van der Waals surface area contributed by atoms with Crippen molar-refractivity contribution in [3.05, 3.63) is 66.7 Å². The predicted molar refractivity (Wildman–Crippen MR) is 107 cm³/mol. The van der Waals surface area contributed by atoms with Crippen LogP contribution in [0.3, 0.4) is 0 Å². The summed E-state index contributed by atoms with van der Waals surface area (Å²) in [5.74, 6) is 0.973.